The first-order chi connectivity index (χ1) is 7.91. The summed E-state index contributed by atoms with van der Waals surface area (Å²) >= 11 is 3.19. The topological polar surface area (TPSA) is 49.3 Å². The summed E-state index contributed by atoms with van der Waals surface area (Å²) in [6.45, 7) is 6.11. The minimum Gasteiger partial charge on any atom is -0.507 e. The Morgan fingerprint density at radius 1 is 1.41 bits per heavy atom. The molecule has 2 N–H and O–H groups in total. The molecule has 0 aliphatic rings. The minimum atomic E-state index is -0.195. The van der Waals surface area contributed by atoms with E-state index in [9.17, 15) is 9.90 Å². The number of benzene rings is 1. The molecule has 0 aromatic heterocycles. The Bertz CT molecular complexity index is 414. The second kappa shape index (κ2) is 5.54. The summed E-state index contributed by atoms with van der Waals surface area (Å²) in [7, 11) is 0. The van der Waals surface area contributed by atoms with Crippen molar-refractivity contribution in [3.05, 3.63) is 28.2 Å². The molecule has 1 aromatic carbocycles. The molecule has 0 aliphatic heterocycles. The second-order valence-corrected chi connectivity index (χ2v) is 5.24. The molecule has 1 amide bonds. The van der Waals surface area contributed by atoms with Gasteiger partial charge in [0.15, 0.2) is 0 Å². The quantitative estimate of drug-likeness (QED) is 0.894. The number of amides is 1. The van der Waals surface area contributed by atoms with Crippen molar-refractivity contribution in [2.24, 2.45) is 0 Å². The number of carbonyl (C=O) groups is 1. The maximum atomic E-state index is 12.0. The van der Waals surface area contributed by atoms with E-state index in [0.29, 0.717) is 10.0 Å². The number of halogens is 1. The normalized spacial score (nSPS) is 11.3. The van der Waals surface area contributed by atoms with Crippen molar-refractivity contribution in [3.8, 4) is 5.75 Å². The number of phenols is 1. The van der Waals surface area contributed by atoms with Crippen LogP contribution in [0.15, 0.2) is 22.7 Å². The molecule has 0 saturated carbocycles. The van der Waals surface area contributed by atoms with Crippen LogP contribution < -0.4 is 5.32 Å². The number of carbonyl (C=O) groups excluding carboxylic acids is 1. The highest BCUT2D eigenvalue weighted by Crippen LogP contribution is 2.24. The van der Waals surface area contributed by atoms with Gasteiger partial charge in [-0.1, -0.05) is 13.8 Å². The zero-order valence-electron chi connectivity index (χ0n) is 10.4. The van der Waals surface area contributed by atoms with E-state index in [4.69, 9.17) is 0 Å². The van der Waals surface area contributed by atoms with E-state index in [1.54, 1.807) is 12.1 Å². The molecule has 0 aliphatic carbocycles. The van der Waals surface area contributed by atoms with Crippen LogP contribution in [0.25, 0.3) is 0 Å². The van der Waals surface area contributed by atoms with Crippen molar-refractivity contribution in [2.75, 3.05) is 0 Å². The fraction of sp³-hybridized carbons (Fsp3) is 0.462. The van der Waals surface area contributed by atoms with Gasteiger partial charge < -0.3 is 10.4 Å². The molecule has 0 radical (unpaired) electrons. The standard InChI is InChI=1S/C13H18BrNO2/c1-4-13(3,5-2)15-12(17)9-6-7-10(14)11(16)8-9/h6-8,16H,4-5H2,1-3H3,(H,15,17). The van der Waals surface area contributed by atoms with E-state index in [1.807, 2.05) is 20.8 Å². The SMILES string of the molecule is CCC(C)(CC)NC(=O)c1ccc(Br)c(O)c1. The first kappa shape index (κ1) is 14.0. The van der Waals surface area contributed by atoms with E-state index in [2.05, 4.69) is 21.2 Å². The highest BCUT2D eigenvalue weighted by Gasteiger charge is 2.22. The molecule has 0 atom stereocenters. The lowest BCUT2D eigenvalue weighted by Crippen LogP contribution is -2.44. The van der Waals surface area contributed by atoms with Crippen LogP contribution >= 0.6 is 15.9 Å². The zero-order chi connectivity index (χ0) is 13.1. The van der Waals surface area contributed by atoms with Gasteiger partial charge in [0.2, 0.25) is 0 Å². The van der Waals surface area contributed by atoms with Gasteiger partial charge in [0.05, 0.1) is 4.47 Å². The number of phenolic OH excluding ortho intramolecular Hbond substituents is 1. The highest BCUT2D eigenvalue weighted by molar-refractivity contribution is 9.10. The highest BCUT2D eigenvalue weighted by atomic mass is 79.9. The molecule has 0 spiro atoms. The van der Waals surface area contributed by atoms with Crippen molar-refractivity contribution in [1.29, 1.82) is 0 Å². The Labute approximate surface area is 110 Å². The third kappa shape index (κ3) is 3.46. The molecule has 0 heterocycles. The molecule has 3 nitrogen and oxygen atoms in total. The predicted molar refractivity (Wildman–Crippen MR) is 72.3 cm³/mol. The number of nitrogens with one attached hydrogen (secondary N) is 1. The van der Waals surface area contributed by atoms with Gasteiger partial charge in [-0.25, -0.2) is 0 Å². The summed E-state index contributed by atoms with van der Waals surface area (Å²) in [4.78, 5) is 12.0. The van der Waals surface area contributed by atoms with Crippen molar-refractivity contribution >= 4 is 21.8 Å². The van der Waals surface area contributed by atoms with Gasteiger partial charge in [0, 0.05) is 11.1 Å². The predicted octanol–water partition coefficient (Wildman–Crippen LogP) is 3.46. The molecule has 0 unspecified atom stereocenters. The lowest BCUT2D eigenvalue weighted by molar-refractivity contribution is 0.0900. The van der Waals surface area contributed by atoms with Crippen molar-refractivity contribution in [2.45, 2.75) is 39.2 Å². The third-order valence-corrected chi connectivity index (χ3v) is 3.85. The lowest BCUT2D eigenvalue weighted by atomic mass is 9.95. The Balaban J connectivity index is 2.86. The number of aromatic hydroxyl groups is 1. The summed E-state index contributed by atoms with van der Waals surface area (Å²) in [6, 6.07) is 4.81. The minimum absolute atomic E-state index is 0.0763. The molecule has 94 valence electrons. The summed E-state index contributed by atoms with van der Waals surface area (Å²) < 4.78 is 0.586. The first-order valence-electron chi connectivity index (χ1n) is 5.73. The Hall–Kier alpha value is -1.03. The maximum Gasteiger partial charge on any atom is 0.251 e. The molecular formula is C13H18BrNO2. The zero-order valence-corrected chi connectivity index (χ0v) is 12.0. The van der Waals surface area contributed by atoms with Gasteiger partial charge in [0.25, 0.3) is 5.91 Å². The van der Waals surface area contributed by atoms with Crippen LogP contribution in [-0.4, -0.2) is 16.6 Å². The van der Waals surface area contributed by atoms with Gasteiger partial charge in [0.1, 0.15) is 5.75 Å². The van der Waals surface area contributed by atoms with Gasteiger partial charge in [-0.05, 0) is 53.9 Å². The molecule has 4 heteroatoms. The lowest BCUT2D eigenvalue weighted by Gasteiger charge is -2.28. The van der Waals surface area contributed by atoms with Crippen LogP contribution in [0.3, 0.4) is 0 Å². The van der Waals surface area contributed by atoms with Crippen molar-refractivity contribution < 1.29 is 9.90 Å². The van der Waals surface area contributed by atoms with Crippen LogP contribution in [0.5, 0.6) is 5.75 Å². The van der Waals surface area contributed by atoms with E-state index < -0.39 is 0 Å². The summed E-state index contributed by atoms with van der Waals surface area (Å²) in [5.41, 5.74) is 0.276. The second-order valence-electron chi connectivity index (χ2n) is 4.39. The monoisotopic (exact) mass is 299 g/mol. The van der Waals surface area contributed by atoms with Crippen LogP contribution in [0, 0.1) is 0 Å². The van der Waals surface area contributed by atoms with Crippen LogP contribution in [0.4, 0.5) is 0 Å². The number of rotatable bonds is 4. The van der Waals surface area contributed by atoms with E-state index in [1.165, 1.54) is 6.07 Å². The van der Waals surface area contributed by atoms with E-state index in [-0.39, 0.29) is 17.2 Å². The van der Waals surface area contributed by atoms with Gasteiger partial charge >= 0.3 is 0 Å². The molecule has 1 rings (SSSR count). The average molecular weight is 300 g/mol. The summed E-state index contributed by atoms with van der Waals surface area (Å²) in [6.07, 6.45) is 1.75. The molecule has 17 heavy (non-hydrogen) atoms. The van der Waals surface area contributed by atoms with Crippen molar-refractivity contribution in [1.82, 2.24) is 5.32 Å². The fourth-order valence-electron chi connectivity index (χ4n) is 1.43. The van der Waals surface area contributed by atoms with Gasteiger partial charge in [-0.2, -0.15) is 0 Å². The molecular weight excluding hydrogens is 282 g/mol. The fourth-order valence-corrected chi connectivity index (χ4v) is 1.67. The largest absolute Gasteiger partial charge is 0.507 e. The smallest absolute Gasteiger partial charge is 0.251 e. The van der Waals surface area contributed by atoms with Crippen LogP contribution in [0.2, 0.25) is 0 Å². The Morgan fingerprint density at radius 3 is 2.47 bits per heavy atom. The Kier molecular flexibility index (Phi) is 4.57. The molecule has 0 bridgehead atoms. The van der Waals surface area contributed by atoms with Gasteiger partial charge in [-0.3, -0.25) is 4.79 Å². The van der Waals surface area contributed by atoms with E-state index in [0.717, 1.165) is 12.8 Å². The van der Waals surface area contributed by atoms with Gasteiger partial charge in [-0.15, -0.1) is 0 Å². The molecule has 0 saturated heterocycles. The molecule has 1 aromatic rings. The molecule has 0 fully saturated rings. The summed E-state index contributed by atoms with van der Waals surface area (Å²) in [5.74, 6) is -0.0775. The first-order valence-corrected chi connectivity index (χ1v) is 6.52. The average Bonchev–Trinajstić information content (AvgIpc) is 2.32. The van der Waals surface area contributed by atoms with Crippen molar-refractivity contribution in [3.63, 3.8) is 0 Å². The van der Waals surface area contributed by atoms with Crippen LogP contribution in [0.1, 0.15) is 44.0 Å². The Morgan fingerprint density at radius 2 is 2.00 bits per heavy atom. The third-order valence-electron chi connectivity index (χ3n) is 3.18. The maximum absolute atomic E-state index is 12.0. The number of hydrogen-bond acceptors (Lipinski definition) is 2. The van der Waals surface area contributed by atoms with E-state index >= 15 is 0 Å². The van der Waals surface area contributed by atoms with Crippen LogP contribution in [-0.2, 0) is 0 Å². The summed E-state index contributed by atoms with van der Waals surface area (Å²) in [5, 5.41) is 12.5. The number of hydrogen-bond donors (Lipinski definition) is 2.